The van der Waals surface area contributed by atoms with Crippen LogP contribution in [0.2, 0.25) is 5.02 Å². The van der Waals surface area contributed by atoms with E-state index in [1.165, 1.54) is 29.5 Å². The van der Waals surface area contributed by atoms with E-state index in [4.69, 9.17) is 11.6 Å². The Morgan fingerprint density at radius 2 is 1.83 bits per heavy atom. The summed E-state index contributed by atoms with van der Waals surface area (Å²) in [5.74, 6) is 0. The Morgan fingerprint density at radius 1 is 1.08 bits per heavy atom. The molecule has 0 aliphatic carbocycles. The molecule has 2 nitrogen and oxygen atoms in total. The first-order valence-electron chi connectivity index (χ1n) is 8.71. The van der Waals surface area contributed by atoms with Gasteiger partial charge in [-0.05, 0) is 61.4 Å². The molecule has 2 aromatic rings. The zero-order valence-electron chi connectivity index (χ0n) is 14.2. The highest BCUT2D eigenvalue weighted by Gasteiger charge is 2.14. The van der Waals surface area contributed by atoms with Crippen LogP contribution in [0.1, 0.15) is 36.5 Å². The highest BCUT2D eigenvalue weighted by Crippen LogP contribution is 2.19. The first-order chi connectivity index (χ1) is 11.7. The van der Waals surface area contributed by atoms with Gasteiger partial charge in [0.1, 0.15) is 0 Å². The van der Waals surface area contributed by atoms with E-state index in [-0.39, 0.29) is 0 Å². The standard InChI is InChI=1S/C21H25ClN2/c1-17(24-15-5-14-23-24)6-4-9-19-7-2-3-8-20(19)16-18-10-12-21(22)13-11-18/h2-3,5,7-8,10-14,17,23H,4,6,9,15-16H2,1H3. The smallest absolute Gasteiger partial charge is 0.0406 e. The monoisotopic (exact) mass is 340 g/mol. The van der Waals surface area contributed by atoms with Crippen LogP contribution in [-0.4, -0.2) is 17.6 Å². The van der Waals surface area contributed by atoms with Crippen LogP contribution < -0.4 is 5.43 Å². The molecular weight excluding hydrogens is 316 g/mol. The normalized spacial score (nSPS) is 15.4. The van der Waals surface area contributed by atoms with Gasteiger partial charge in [-0.2, -0.15) is 0 Å². The summed E-state index contributed by atoms with van der Waals surface area (Å²) in [4.78, 5) is 0. The maximum atomic E-state index is 5.98. The van der Waals surface area contributed by atoms with Crippen LogP contribution in [0, 0.1) is 0 Å². The Kier molecular flexibility index (Phi) is 5.95. The van der Waals surface area contributed by atoms with Crippen molar-refractivity contribution in [2.24, 2.45) is 0 Å². The van der Waals surface area contributed by atoms with Crippen LogP contribution >= 0.6 is 11.6 Å². The van der Waals surface area contributed by atoms with Gasteiger partial charge in [0.2, 0.25) is 0 Å². The summed E-state index contributed by atoms with van der Waals surface area (Å²) in [6.07, 6.45) is 8.70. The molecule has 0 saturated carbocycles. The molecule has 0 bridgehead atoms. The average Bonchev–Trinajstić information content (AvgIpc) is 3.13. The van der Waals surface area contributed by atoms with E-state index in [0.29, 0.717) is 6.04 Å². The lowest BCUT2D eigenvalue weighted by Gasteiger charge is -2.24. The van der Waals surface area contributed by atoms with Crippen LogP contribution in [0.25, 0.3) is 0 Å². The third kappa shape index (κ3) is 4.62. The Bertz CT molecular complexity index is 670. The van der Waals surface area contributed by atoms with Crippen molar-refractivity contribution in [3.63, 3.8) is 0 Å². The fraction of sp³-hybridized carbons (Fsp3) is 0.333. The fourth-order valence-electron chi connectivity index (χ4n) is 3.21. The summed E-state index contributed by atoms with van der Waals surface area (Å²) in [6.45, 7) is 3.30. The van der Waals surface area contributed by atoms with Crippen LogP contribution in [0.4, 0.5) is 0 Å². The van der Waals surface area contributed by atoms with Crippen LogP contribution in [0.5, 0.6) is 0 Å². The number of hydrogen-bond donors (Lipinski definition) is 1. The molecule has 1 atom stereocenters. The molecule has 1 heterocycles. The lowest BCUT2D eigenvalue weighted by molar-refractivity contribution is 0.186. The van der Waals surface area contributed by atoms with Crippen molar-refractivity contribution in [3.05, 3.63) is 82.5 Å². The van der Waals surface area contributed by atoms with E-state index in [1.54, 1.807) is 0 Å². The van der Waals surface area contributed by atoms with Crippen molar-refractivity contribution in [3.8, 4) is 0 Å². The molecule has 24 heavy (non-hydrogen) atoms. The number of benzene rings is 2. The summed E-state index contributed by atoms with van der Waals surface area (Å²) < 4.78 is 0. The third-order valence-electron chi connectivity index (χ3n) is 4.69. The van der Waals surface area contributed by atoms with Gasteiger partial charge in [0, 0.05) is 23.8 Å². The van der Waals surface area contributed by atoms with Crippen molar-refractivity contribution >= 4 is 11.6 Å². The number of rotatable bonds is 7. The average molecular weight is 341 g/mol. The van der Waals surface area contributed by atoms with Gasteiger partial charge in [-0.3, -0.25) is 0 Å². The molecule has 1 aliphatic rings. The Hall–Kier alpha value is -1.77. The van der Waals surface area contributed by atoms with Crippen molar-refractivity contribution in [1.29, 1.82) is 0 Å². The van der Waals surface area contributed by atoms with E-state index in [1.807, 2.05) is 18.3 Å². The van der Waals surface area contributed by atoms with E-state index in [0.717, 1.165) is 24.4 Å². The van der Waals surface area contributed by atoms with Gasteiger partial charge in [-0.25, -0.2) is 5.01 Å². The van der Waals surface area contributed by atoms with E-state index in [2.05, 4.69) is 59.8 Å². The summed E-state index contributed by atoms with van der Waals surface area (Å²) in [6, 6.07) is 17.5. The number of nitrogens with one attached hydrogen (secondary N) is 1. The van der Waals surface area contributed by atoms with Gasteiger partial charge >= 0.3 is 0 Å². The Balaban J connectivity index is 1.56. The quantitative estimate of drug-likeness (QED) is 0.765. The highest BCUT2D eigenvalue weighted by atomic mass is 35.5. The summed E-state index contributed by atoms with van der Waals surface area (Å²) >= 11 is 5.98. The molecule has 126 valence electrons. The molecule has 0 saturated heterocycles. The minimum absolute atomic E-state index is 0.559. The first-order valence-corrected chi connectivity index (χ1v) is 9.09. The molecule has 2 aromatic carbocycles. The predicted octanol–water partition coefficient (Wildman–Crippen LogP) is 4.98. The fourth-order valence-corrected chi connectivity index (χ4v) is 3.34. The number of halogens is 1. The van der Waals surface area contributed by atoms with Crippen molar-refractivity contribution in [2.75, 3.05) is 6.54 Å². The number of nitrogens with zero attached hydrogens (tertiary/aromatic N) is 1. The van der Waals surface area contributed by atoms with Crippen LogP contribution in [0.15, 0.2) is 60.8 Å². The second kappa shape index (κ2) is 8.36. The zero-order chi connectivity index (χ0) is 16.8. The second-order valence-electron chi connectivity index (χ2n) is 6.50. The molecule has 3 rings (SSSR count). The van der Waals surface area contributed by atoms with Crippen molar-refractivity contribution < 1.29 is 0 Å². The number of hydrazine groups is 1. The highest BCUT2D eigenvalue weighted by molar-refractivity contribution is 6.30. The second-order valence-corrected chi connectivity index (χ2v) is 6.93. The van der Waals surface area contributed by atoms with Gasteiger partial charge in [0.15, 0.2) is 0 Å². The third-order valence-corrected chi connectivity index (χ3v) is 4.94. The minimum atomic E-state index is 0.559. The molecule has 1 aliphatic heterocycles. The molecule has 0 fully saturated rings. The zero-order valence-corrected chi connectivity index (χ0v) is 15.0. The SMILES string of the molecule is CC(CCCc1ccccc1Cc1ccc(Cl)cc1)N1CC=CN1. The summed E-state index contributed by atoms with van der Waals surface area (Å²) in [5, 5.41) is 3.09. The molecule has 0 aromatic heterocycles. The van der Waals surface area contributed by atoms with E-state index >= 15 is 0 Å². The van der Waals surface area contributed by atoms with Crippen molar-refractivity contribution in [2.45, 2.75) is 38.6 Å². The predicted molar refractivity (Wildman–Crippen MR) is 102 cm³/mol. The van der Waals surface area contributed by atoms with Gasteiger partial charge < -0.3 is 5.43 Å². The number of aryl methyl sites for hydroxylation is 1. The van der Waals surface area contributed by atoms with Gasteiger partial charge in [-0.1, -0.05) is 54.1 Å². The Labute approximate surface area is 150 Å². The summed E-state index contributed by atoms with van der Waals surface area (Å²) in [7, 11) is 0. The van der Waals surface area contributed by atoms with Crippen molar-refractivity contribution in [1.82, 2.24) is 10.4 Å². The van der Waals surface area contributed by atoms with Gasteiger partial charge in [-0.15, -0.1) is 0 Å². The molecule has 1 N–H and O–H groups in total. The van der Waals surface area contributed by atoms with Gasteiger partial charge in [0.25, 0.3) is 0 Å². The lowest BCUT2D eigenvalue weighted by atomic mass is 9.96. The van der Waals surface area contributed by atoms with Crippen LogP contribution in [0.3, 0.4) is 0 Å². The maximum Gasteiger partial charge on any atom is 0.0406 e. The first kappa shape index (κ1) is 17.1. The molecule has 0 radical (unpaired) electrons. The Morgan fingerprint density at radius 3 is 2.54 bits per heavy atom. The molecular formula is C21H25ClN2. The molecule has 3 heteroatoms. The molecule has 0 amide bonds. The number of hydrogen-bond acceptors (Lipinski definition) is 2. The molecule has 0 spiro atoms. The lowest BCUT2D eigenvalue weighted by Crippen LogP contribution is -2.38. The largest absolute Gasteiger partial charge is 0.326 e. The van der Waals surface area contributed by atoms with E-state index in [9.17, 15) is 0 Å². The van der Waals surface area contributed by atoms with Crippen LogP contribution in [-0.2, 0) is 12.8 Å². The topological polar surface area (TPSA) is 15.3 Å². The maximum absolute atomic E-state index is 5.98. The molecule has 1 unspecified atom stereocenters. The van der Waals surface area contributed by atoms with Gasteiger partial charge in [0.05, 0.1) is 0 Å². The minimum Gasteiger partial charge on any atom is -0.326 e. The van der Waals surface area contributed by atoms with E-state index < -0.39 is 0 Å². The summed E-state index contributed by atoms with van der Waals surface area (Å²) in [5.41, 5.74) is 7.50.